The van der Waals surface area contributed by atoms with Crippen molar-refractivity contribution >= 4 is 11.6 Å². The highest BCUT2D eigenvalue weighted by molar-refractivity contribution is 6.31. The Kier molecular flexibility index (Phi) is 3.84. The van der Waals surface area contributed by atoms with Crippen LogP contribution < -0.4 is 4.74 Å². The molecule has 0 fully saturated rings. The highest BCUT2D eigenvalue weighted by Gasteiger charge is 2.12. The van der Waals surface area contributed by atoms with Gasteiger partial charge in [0.15, 0.2) is 0 Å². The zero-order valence-electron chi connectivity index (χ0n) is 10.2. The van der Waals surface area contributed by atoms with Crippen LogP contribution >= 0.6 is 11.6 Å². The molecule has 1 heterocycles. The van der Waals surface area contributed by atoms with Crippen molar-refractivity contribution in [3.8, 4) is 5.75 Å². The van der Waals surface area contributed by atoms with Gasteiger partial charge in [0.25, 0.3) is 0 Å². The van der Waals surface area contributed by atoms with Gasteiger partial charge in [-0.1, -0.05) is 23.7 Å². The van der Waals surface area contributed by atoms with Crippen LogP contribution in [0.5, 0.6) is 5.75 Å². The number of rotatable bonds is 3. The van der Waals surface area contributed by atoms with Crippen LogP contribution in [0.25, 0.3) is 0 Å². The standard InChI is InChI=1S/C14H14ClNO2/c1-9-5-10(3-4-13(9)15)14(17)11-6-12(18-2)8-16-7-11/h3-8,14,17H,1-2H3. The van der Waals surface area contributed by atoms with Gasteiger partial charge in [-0.3, -0.25) is 4.98 Å². The number of halogens is 1. The summed E-state index contributed by atoms with van der Waals surface area (Å²) in [7, 11) is 1.57. The van der Waals surface area contributed by atoms with Crippen molar-refractivity contribution < 1.29 is 9.84 Å². The molecule has 1 atom stereocenters. The fraction of sp³-hybridized carbons (Fsp3) is 0.214. The van der Waals surface area contributed by atoms with E-state index in [2.05, 4.69) is 4.98 Å². The van der Waals surface area contributed by atoms with Crippen molar-refractivity contribution in [3.05, 3.63) is 58.4 Å². The Bertz CT molecular complexity index is 557. The average Bonchev–Trinajstić information content (AvgIpc) is 2.41. The minimum absolute atomic E-state index is 0.622. The molecule has 1 N–H and O–H groups in total. The number of aromatic nitrogens is 1. The second-order valence-corrected chi connectivity index (χ2v) is 4.48. The van der Waals surface area contributed by atoms with E-state index in [4.69, 9.17) is 16.3 Å². The zero-order chi connectivity index (χ0) is 13.1. The lowest BCUT2D eigenvalue weighted by atomic mass is 10.0. The van der Waals surface area contributed by atoms with Crippen LogP contribution in [-0.4, -0.2) is 17.2 Å². The molecule has 4 heteroatoms. The maximum atomic E-state index is 10.3. The van der Waals surface area contributed by atoms with E-state index in [1.54, 1.807) is 37.7 Å². The second kappa shape index (κ2) is 5.38. The molecule has 2 rings (SSSR count). The van der Waals surface area contributed by atoms with Crippen molar-refractivity contribution in [2.24, 2.45) is 0 Å². The third kappa shape index (κ3) is 2.63. The van der Waals surface area contributed by atoms with E-state index >= 15 is 0 Å². The lowest BCUT2D eigenvalue weighted by Crippen LogP contribution is -2.01. The molecule has 94 valence electrons. The van der Waals surface area contributed by atoms with Gasteiger partial charge in [0.1, 0.15) is 11.9 Å². The largest absolute Gasteiger partial charge is 0.495 e. The summed E-state index contributed by atoms with van der Waals surface area (Å²) in [5.41, 5.74) is 2.41. The Hall–Kier alpha value is -1.58. The Morgan fingerprint density at radius 3 is 2.67 bits per heavy atom. The first-order valence-electron chi connectivity index (χ1n) is 5.55. The number of benzene rings is 1. The zero-order valence-corrected chi connectivity index (χ0v) is 11.0. The lowest BCUT2D eigenvalue weighted by molar-refractivity contribution is 0.219. The van der Waals surface area contributed by atoms with Crippen LogP contribution in [0.15, 0.2) is 36.7 Å². The fourth-order valence-electron chi connectivity index (χ4n) is 1.73. The molecule has 1 aromatic carbocycles. The van der Waals surface area contributed by atoms with Gasteiger partial charge in [-0.15, -0.1) is 0 Å². The van der Waals surface area contributed by atoms with E-state index in [9.17, 15) is 5.11 Å². The monoisotopic (exact) mass is 263 g/mol. The van der Waals surface area contributed by atoms with Gasteiger partial charge >= 0.3 is 0 Å². The minimum Gasteiger partial charge on any atom is -0.495 e. The van der Waals surface area contributed by atoms with Crippen LogP contribution in [0.3, 0.4) is 0 Å². The number of nitrogens with zero attached hydrogens (tertiary/aromatic N) is 1. The molecule has 1 aromatic heterocycles. The van der Waals surface area contributed by atoms with Gasteiger partial charge in [0.05, 0.1) is 13.3 Å². The van der Waals surface area contributed by atoms with Crippen molar-refractivity contribution in [1.82, 2.24) is 4.98 Å². The average molecular weight is 264 g/mol. The number of aryl methyl sites for hydroxylation is 1. The smallest absolute Gasteiger partial charge is 0.137 e. The van der Waals surface area contributed by atoms with Crippen molar-refractivity contribution in [2.75, 3.05) is 7.11 Å². The Morgan fingerprint density at radius 2 is 2.00 bits per heavy atom. The molecule has 18 heavy (non-hydrogen) atoms. The summed E-state index contributed by atoms with van der Waals surface area (Å²) < 4.78 is 5.09. The predicted molar refractivity (Wildman–Crippen MR) is 71.0 cm³/mol. The third-order valence-electron chi connectivity index (χ3n) is 2.78. The maximum Gasteiger partial charge on any atom is 0.137 e. The summed E-state index contributed by atoms with van der Waals surface area (Å²) in [6.45, 7) is 1.91. The number of ether oxygens (including phenoxy) is 1. The maximum absolute atomic E-state index is 10.3. The predicted octanol–water partition coefficient (Wildman–Crippen LogP) is 3.13. The Labute approximate surface area is 111 Å². The SMILES string of the molecule is COc1cncc(C(O)c2ccc(Cl)c(C)c2)c1. The van der Waals surface area contributed by atoms with E-state index in [1.165, 1.54) is 0 Å². The van der Waals surface area contributed by atoms with E-state index in [1.807, 2.05) is 13.0 Å². The molecule has 2 aromatic rings. The van der Waals surface area contributed by atoms with Gasteiger partial charge in [-0.25, -0.2) is 0 Å². The topological polar surface area (TPSA) is 42.4 Å². The van der Waals surface area contributed by atoms with Gasteiger partial charge in [0.2, 0.25) is 0 Å². The summed E-state index contributed by atoms with van der Waals surface area (Å²) in [6.07, 6.45) is 2.49. The molecule has 0 amide bonds. The number of hydrogen-bond acceptors (Lipinski definition) is 3. The van der Waals surface area contributed by atoms with Gasteiger partial charge in [-0.2, -0.15) is 0 Å². The van der Waals surface area contributed by atoms with Crippen LogP contribution in [0.1, 0.15) is 22.8 Å². The molecule has 0 saturated carbocycles. The van der Waals surface area contributed by atoms with Gasteiger partial charge in [-0.05, 0) is 30.2 Å². The van der Waals surface area contributed by atoms with Crippen LogP contribution in [0, 0.1) is 6.92 Å². The summed E-state index contributed by atoms with van der Waals surface area (Å²) in [6, 6.07) is 7.22. The number of hydrogen-bond donors (Lipinski definition) is 1. The van der Waals surface area contributed by atoms with Crippen LogP contribution in [0.2, 0.25) is 5.02 Å². The molecule has 0 radical (unpaired) electrons. The Morgan fingerprint density at radius 1 is 1.22 bits per heavy atom. The first-order chi connectivity index (χ1) is 8.61. The number of pyridine rings is 1. The highest BCUT2D eigenvalue weighted by Crippen LogP contribution is 2.26. The van der Waals surface area contributed by atoms with Gasteiger partial charge < -0.3 is 9.84 Å². The normalized spacial score (nSPS) is 12.2. The van der Waals surface area contributed by atoms with Crippen molar-refractivity contribution in [3.63, 3.8) is 0 Å². The molecular formula is C14H14ClNO2. The molecular weight excluding hydrogens is 250 g/mol. The van der Waals surface area contributed by atoms with E-state index < -0.39 is 6.10 Å². The van der Waals surface area contributed by atoms with Gasteiger partial charge in [0, 0.05) is 16.8 Å². The summed E-state index contributed by atoms with van der Waals surface area (Å²) >= 11 is 5.97. The first-order valence-corrected chi connectivity index (χ1v) is 5.92. The number of aliphatic hydroxyl groups is 1. The summed E-state index contributed by atoms with van der Waals surface area (Å²) in [4.78, 5) is 4.03. The number of methoxy groups -OCH3 is 1. The molecule has 0 aliphatic heterocycles. The lowest BCUT2D eigenvalue weighted by Gasteiger charge is -2.13. The van der Waals surface area contributed by atoms with E-state index in [-0.39, 0.29) is 0 Å². The van der Waals surface area contributed by atoms with Crippen molar-refractivity contribution in [2.45, 2.75) is 13.0 Å². The Balaban J connectivity index is 2.34. The van der Waals surface area contributed by atoms with E-state index in [0.717, 1.165) is 11.1 Å². The third-order valence-corrected chi connectivity index (χ3v) is 3.21. The highest BCUT2D eigenvalue weighted by atomic mass is 35.5. The quantitative estimate of drug-likeness (QED) is 0.925. The number of aliphatic hydroxyl groups excluding tert-OH is 1. The first kappa shape index (κ1) is 12.9. The molecule has 0 bridgehead atoms. The molecule has 0 saturated heterocycles. The molecule has 0 spiro atoms. The molecule has 0 aliphatic carbocycles. The summed E-state index contributed by atoms with van der Waals surface area (Å²) in [5, 5.41) is 11.0. The molecule has 0 aliphatic rings. The van der Waals surface area contributed by atoms with Crippen LogP contribution in [-0.2, 0) is 0 Å². The fourth-order valence-corrected chi connectivity index (χ4v) is 1.84. The second-order valence-electron chi connectivity index (χ2n) is 4.07. The summed E-state index contributed by atoms with van der Waals surface area (Å²) in [5.74, 6) is 0.622. The van der Waals surface area contributed by atoms with Crippen molar-refractivity contribution in [1.29, 1.82) is 0 Å². The van der Waals surface area contributed by atoms with E-state index in [0.29, 0.717) is 16.3 Å². The van der Waals surface area contributed by atoms with Crippen LogP contribution in [0.4, 0.5) is 0 Å². The molecule has 1 unspecified atom stereocenters. The minimum atomic E-state index is -0.733. The molecule has 3 nitrogen and oxygen atoms in total.